The predicted molar refractivity (Wildman–Crippen MR) is 84.2 cm³/mol. The molecule has 0 aliphatic carbocycles. The summed E-state index contributed by atoms with van der Waals surface area (Å²) in [7, 11) is 0. The highest BCUT2D eigenvalue weighted by Gasteiger charge is 2.43. The number of likely N-dealkylation sites (tertiary alicyclic amines) is 2. The van der Waals surface area contributed by atoms with Crippen LogP contribution in [0, 0.1) is 23.6 Å². The minimum atomic E-state index is -0.169. The SMILES string of the molecule is O=C([C@@H]1CCOC1)N1C[C@H]2CN(Cc3cccc(F)c3)C[C@H]2C1. The molecule has 3 fully saturated rings. The standard InChI is InChI=1S/C18H23FN2O2/c19-17-3-1-2-13(6-17)7-20-8-15-10-21(11-16(15)9-20)18(22)14-4-5-23-12-14/h1-3,6,14-16H,4-5,7-12H2/t14-,15-,16+/m1/s1. The van der Waals surface area contributed by atoms with Gasteiger partial charge in [-0.3, -0.25) is 9.69 Å². The molecular weight excluding hydrogens is 295 g/mol. The fourth-order valence-corrected chi connectivity index (χ4v) is 4.28. The van der Waals surface area contributed by atoms with Crippen molar-refractivity contribution in [2.75, 3.05) is 39.4 Å². The van der Waals surface area contributed by atoms with Crippen LogP contribution in [0.15, 0.2) is 24.3 Å². The number of nitrogens with zero attached hydrogens (tertiary/aromatic N) is 2. The van der Waals surface area contributed by atoms with E-state index >= 15 is 0 Å². The van der Waals surface area contributed by atoms with Crippen LogP contribution >= 0.6 is 0 Å². The molecule has 0 saturated carbocycles. The van der Waals surface area contributed by atoms with Gasteiger partial charge in [-0.05, 0) is 36.0 Å². The first-order valence-electron chi connectivity index (χ1n) is 8.52. The molecule has 0 bridgehead atoms. The number of amides is 1. The molecule has 1 aromatic rings. The maximum atomic E-state index is 13.3. The molecule has 3 aliphatic rings. The second-order valence-electron chi connectivity index (χ2n) is 7.15. The molecule has 0 aromatic heterocycles. The van der Waals surface area contributed by atoms with Crippen molar-refractivity contribution < 1.29 is 13.9 Å². The Morgan fingerprint density at radius 3 is 2.65 bits per heavy atom. The molecule has 4 rings (SSSR count). The average Bonchev–Trinajstić information content (AvgIpc) is 3.22. The number of carbonyl (C=O) groups is 1. The number of benzene rings is 1. The fourth-order valence-electron chi connectivity index (χ4n) is 4.28. The van der Waals surface area contributed by atoms with Gasteiger partial charge in [0.1, 0.15) is 5.82 Å². The average molecular weight is 318 g/mol. The van der Waals surface area contributed by atoms with Crippen molar-refractivity contribution in [3.63, 3.8) is 0 Å². The Bertz CT molecular complexity index is 574. The Balaban J connectivity index is 1.32. The smallest absolute Gasteiger partial charge is 0.228 e. The highest BCUT2D eigenvalue weighted by Crippen LogP contribution is 2.33. The van der Waals surface area contributed by atoms with E-state index in [1.165, 1.54) is 6.07 Å². The zero-order valence-corrected chi connectivity index (χ0v) is 13.3. The van der Waals surface area contributed by atoms with Crippen LogP contribution in [0.1, 0.15) is 12.0 Å². The van der Waals surface area contributed by atoms with Crippen molar-refractivity contribution in [1.29, 1.82) is 0 Å². The van der Waals surface area contributed by atoms with Crippen LogP contribution in [0.4, 0.5) is 4.39 Å². The topological polar surface area (TPSA) is 32.8 Å². The van der Waals surface area contributed by atoms with Crippen LogP contribution in [0.25, 0.3) is 0 Å². The Morgan fingerprint density at radius 1 is 1.22 bits per heavy atom. The van der Waals surface area contributed by atoms with Crippen LogP contribution in [-0.2, 0) is 16.1 Å². The number of fused-ring (bicyclic) bond motifs is 1. The molecule has 3 heterocycles. The van der Waals surface area contributed by atoms with Crippen molar-refractivity contribution in [1.82, 2.24) is 9.80 Å². The van der Waals surface area contributed by atoms with Gasteiger partial charge in [-0.25, -0.2) is 4.39 Å². The molecule has 1 aromatic carbocycles. The van der Waals surface area contributed by atoms with Crippen molar-refractivity contribution in [3.8, 4) is 0 Å². The summed E-state index contributed by atoms with van der Waals surface area (Å²) in [5, 5.41) is 0. The molecule has 124 valence electrons. The maximum Gasteiger partial charge on any atom is 0.228 e. The monoisotopic (exact) mass is 318 g/mol. The molecule has 0 N–H and O–H groups in total. The number of hydrogen-bond acceptors (Lipinski definition) is 3. The second kappa shape index (κ2) is 6.21. The number of ether oxygens (including phenoxy) is 1. The first-order chi connectivity index (χ1) is 11.2. The van der Waals surface area contributed by atoms with Gasteiger partial charge < -0.3 is 9.64 Å². The fraction of sp³-hybridized carbons (Fsp3) is 0.611. The first kappa shape index (κ1) is 15.1. The van der Waals surface area contributed by atoms with Crippen molar-refractivity contribution in [2.45, 2.75) is 13.0 Å². The van der Waals surface area contributed by atoms with E-state index in [1.54, 1.807) is 12.1 Å². The molecule has 3 aliphatic heterocycles. The van der Waals surface area contributed by atoms with Gasteiger partial charge >= 0.3 is 0 Å². The van der Waals surface area contributed by atoms with Gasteiger partial charge in [-0.15, -0.1) is 0 Å². The highest BCUT2D eigenvalue weighted by molar-refractivity contribution is 5.79. The number of hydrogen-bond donors (Lipinski definition) is 0. The lowest BCUT2D eigenvalue weighted by Crippen LogP contribution is -2.37. The quantitative estimate of drug-likeness (QED) is 0.851. The lowest BCUT2D eigenvalue weighted by Gasteiger charge is -2.23. The van der Waals surface area contributed by atoms with Crippen molar-refractivity contribution in [2.24, 2.45) is 17.8 Å². The second-order valence-corrected chi connectivity index (χ2v) is 7.15. The summed E-state index contributed by atoms with van der Waals surface area (Å²) in [6.07, 6.45) is 0.871. The highest BCUT2D eigenvalue weighted by atomic mass is 19.1. The molecule has 0 radical (unpaired) electrons. The third-order valence-corrected chi connectivity index (χ3v) is 5.45. The van der Waals surface area contributed by atoms with Gasteiger partial charge in [0.2, 0.25) is 5.91 Å². The zero-order valence-electron chi connectivity index (χ0n) is 13.3. The Morgan fingerprint density at radius 2 is 2.00 bits per heavy atom. The van der Waals surface area contributed by atoms with E-state index in [1.807, 2.05) is 11.0 Å². The van der Waals surface area contributed by atoms with Crippen molar-refractivity contribution in [3.05, 3.63) is 35.6 Å². The molecule has 3 saturated heterocycles. The third kappa shape index (κ3) is 3.12. The lowest BCUT2D eigenvalue weighted by molar-refractivity contribution is -0.134. The van der Waals surface area contributed by atoms with E-state index in [4.69, 9.17) is 4.74 Å². The predicted octanol–water partition coefficient (Wildman–Crippen LogP) is 1.75. The summed E-state index contributed by atoms with van der Waals surface area (Å²) in [6, 6.07) is 6.85. The normalized spacial score (nSPS) is 30.8. The third-order valence-electron chi connectivity index (χ3n) is 5.45. The van der Waals surface area contributed by atoms with Crippen molar-refractivity contribution >= 4 is 5.91 Å². The summed E-state index contributed by atoms with van der Waals surface area (Å²) in [5.74, 6) is 1.33. The maximum absolute atomic E-state index is 13.3. The van der Waals surface area contributed by atoms with E-state index in [-0.39, 0.29) is 17.6 Å². The van der Waals surface area contributed by atoms with Gasteiger partial charge in [0.05, 0.1) is 12.5 Å². The van der Waals surface area contributed by atoms with Gasteiger partial charge in [0.15, 0.2) is 0 Å². The number of carbonyl (C=O) groups excluding carboxylic acids is 1. The Labute approximate surface area is 136 Å². The molecule has 23 heavy (non-hydrogen) atoms. The summed E-state index contributed by atoms with van der Waals surface area (Å²) in [5.41, 5.74) is 1.03. The summed E-state index contributed by atoms with van der Waals surface area (Å²) < 4.78 is 18.6. The zero-order chi connectivity index (χ0) is 15.8. The lowest BCUT2D eigenvalue weighted by atomic mass is 10.0. The van der Waals surface area contributed by atoms with E-state index in [2.05, 4.69) is 4.90 Å². The summed E-state index contributed by atoms with van der Waals surface area (Å²) in [6.45, 7) is 5.88. The van der Waals surface area contributed by atoms with Crippen LogP contribution in [-0.4, -0.2) is 55.1 Å². The van der Waals surface area contributed by atoms with Crippen LogP contribution in [0.3, 0.4) is 0 Å². The van der Waals surface area contributed by atoms with E-state index in [0.717, 1.165) is 51.3 Å². The minimum absolute atomic E-state index is 0.0808. The Hall–Kier alpha value is -1.46. The Kier molecular flexibility index (Phi) is 4.07. The van der Waals surface area contributed by atoms with Gasteiger partial charge in [-0.2, -0.15) is 0 Å². The van der Waals surface area contributed by atoms with Crippen LogP contribution < -0.4 is 0 Å². The van der Waals surface area contributed by atoms with Gasteiger partial charge in [-0.1, -0.05) is 12.1 Å². The van der Waals surface area contributed by atoms with E-state index < -0.39 is 0 Å². The van der Waals surface area contributed by atoms with E-state index in [9.17, 15) is 9.18 Å². The van der Waals surface area contributed by atoms with Crippen LogP contribution in [0.5, 0.6) is 0 Å². The van der Waals surface area contributed by atoms with Gasteiger partial charge in [0, 0.05) is 39.3 Å². The molecule has 3 atom stereocenters. The summed E-state index contributed by atoms with van der Waals surface area (Å²) >= 11 is 0. The summed E-state index contributed by atoms with van der Waals surface area (Å²) in [4.78, 5) is 16.9. The molecule has 4 nitrogen and oxygen atoms in total. The molecule has 0 spiro atoms. The number of rotatable bonds is 3. The molecule has 0 unspecified atom stereocenters. The molecular formula is C18H23FN2O2. The number of halogens is 1. The molecule has 1 amide bonds. The van der Waals surface area contributed by atoms with Crippen LogP contribution in [0.2, 0.25) is 0 Å². The minimum Gasteiger partial charge on any atom is -0.381 e. The van der Waals surface area contributed by atoms with E-state index in [0.29, 0.717) is 18.4 Å². The molecule has 5 heteroatoms. The largest absolute Gasteiger partial charge is 0.381 e. The van der Waals surface area contributed by atoms with Gasteiger partial charge in [0.25, 0.3) is 0 Å². The first-order valence-corrected chi connectivity index (χ1v) is 8.52.